The Morgan fingerprint density at radius 1 is 1.53 bits per heavy atom. The molecule has 0 amide bonds. The van der Waals surface area contributed by atoms with Gasteiger partial charge >= 0.3 is 5.97 Å². The molecule has 0 bridgehead atoms. The van der Waals surface area contributed by atoms with Crippen LogP contribution in [0.25, 0.3) is 0 Å². The summed E-state index contributed by atoms with van der Waals surface area (Å²) in [5, 5.41) is 9.02. The Labute approximate surface area is 117 Å². The van der Waals surface area contributed by atoms with Gasteiger partial charge < -0.3 is 9.84 Å². The summed E-state index contributed by atoms with van der Waals surface area (Å²) < 4.78 is 32.2. The van der Waals surface area contributed by atoms with Crippen molar-refractivity contribution in [2.24, 2.45) is 5.92 Å². The van der Waals surface area contributed by atoms with E-state index in [4.69, 9.17) is 9.84 Å². The van der Waals surface area contributed by atoms with E-state index < -0.39 is 11.9 Å². The lowest BCUT2D eigenvalue weighted by atomic mass is 10.1. The molecule has 0 heterocycles. The molecule has 1 aliphatic rings. The summed E-state index contributed by atoms with van der Waals surface area (Å²) in [4.78, 5) is 11.0. The van der Waals surface area contributed by atoms with Crippen LogP contribution in [-0.2, 0) is 0 Å². The van der Waals surface area contributed by atoms with Gasteiger partial charge in [-0.3, -0.25) is 0 Å². The maximum absolute atomic E-state index is 13.0. The van der Waals surface area contributed by atoms with Crippen molar-refractivity contribution in [1.82, 2.24) is 0 Å². The van der Waals surface area contributed by atoms with Crippen LogP contribution in [-0.4, -0.2) is 23.6 Å². The van der Waals surface area contributed by atoms with Crippen LogP contribution < -0.4 is 4.74 Å². The highest BCUT2D eigenvalue weighted by Gasteiger charge is 2.39. The fourth-order valence-corrected chi connectivity index (χ4v) is 2.52. The van der Waals surface area contributed by atoms with Crippen molar-refractivity contribution in [3.63, 3.8) is 0 Å². The van der Waals surface area contributed by atoms with Crippen molar-refractivity contribution in [3.05, 3.63) is 28.2 Å². The van der Waals surface area contributed by atoms with E-state index in [1.54, 1.807) is 6.07 Å². The van der Waals surface area contributed by atoms with Gasteiger partial charge in [0.15, 0.2) is 0 Å². The molecule has 1 aromatic carbocycles. The molecular weight excluding hydrogens is 322 g/mol. The molecule has 0 radical (unpaired) electrons. The van der Waals surface area contributed by atoms with Crippen LogP contribution in [0.5, 0.6) is 5.75 Å². The van der Waals surface area contributed by atoms with E-state index >= 15 is 0 Å². The summed E-state index contributed by atoms with van der Waals surface area (Å²) in [7, 11) is 0. The summed E-state index contributed by atoms with van der Waals surface area (Å²) in [6.45, 7) is 0.117. The van der Waals surface area contributed by atoms with Gasteiger partial charge in [-0.15, -0.1) is 0 Å². The van der Waals surface area contributed by atoms with E-state index in [1.165, 1.54) is 12.1 Å². The Balaban J connectivity index is 2.03. The van der Waals surface area contributed by atoms with Gasteiger partial charge in [-0.25, -0.2) is 13.6 Å². The molecule has 1 saturated carbocycles. The van der Waals surface area contributed by atoms with Gasteiger partial charge in [-0.2, -0.15) is 0 Å². The average Bonchev–Trinajstić information content (AvgIpc) is 2.66. The van der Waals surface area contributed by atoms with Gasteiger partial charge in [0.2, 0.25) is 5.92 Å². The van der Waals surface area contributed by atoms with Crippen LogP contribution in [0.3, 0.4) is 0 Å². The summed E-state index contributed by atoms with van der Waals surface area (Å²) >= 11 is 3.22. The number of carboxylic acids is 1. The summed E-state index contributed by atoms with van der Waals surface area (Å²) in [5.74, 6) is -3.73. The third kappa shape index (κ3) is 3.65. The third-order valence-electron chi connectivity index (χ3n) is 3.15. The number of ether oxygens (including phenoxy) is 1. The second-order valence-corrected chi connectivity index (χ2v) is 5.64. The van der Waals surface area contributed by atoms with E-state index in [0.29, 0.717) is 10.9 Å². The van der Waals surface area contributed by atoms with Crippen LogP contribution in [0.15, 0.2) is 22.7 Å². The first-order chi connectivity index (χ1) is 8.87. The molecule has 19 heavy (non-hydrogen) atoms. The van der Waals surface area contributed by atoms with Crippen LogP contribution in [0.2, 0.25) is 0 Å². The number of benzene rings is 1. The van der Waals surface area contributed by atoms with Crippen molar-refractivity contribution >= 4 is 21.9 Å². The molecule has 0 saturated heterocycles. The normalized spacial score (nSPS) is 21.3. The monoisotopic (exact) mass is 334 g/mol. The van der Waals surface area contributed by atoms with Gasteiger partial charge in [-0.05, 0) is 30.5 Å². The van der Waals surface area contributed by atoms with Crippen molar-refractivity contribution < 1.29 is 23.4 Å². The van der Waals surface area contributed by atoms with Crippen molar-refractivity contribution in [2.75, 3.05) is 6.61 Å². The van der Waals surface area contributed by atoms with Gasteiger partial charge in [-0.1, -0.05) is 15.9 Å². The molecule has 0 spiro atoms. The first kappa shape index (κ1) is 14.2. The van der Waals surface area contributed by atoms with Crippen LogP contribution in [0.1, 0.15) is 29.6 Å². The zero-order valence-electron chi connectivity index (χ0n) is 10.0. The zero-order chi connectivity index (χ0) is 14.0. The minimum atomic E-state index is -2.61. The molecule has 0 aromatic heterocycles. The average molecular weight is 335 g/mol. The molecular formula is C13H13BrF2O3. The highest BCUT2D eigenvalue weighted by Crippen LogP contribution is 2.39. The first-order valence-electron chi connectivity index (χ1n) is 5.91. The quantitative estimate of drug-likeness (QED) is 0.906. The Morgan fingerprint density at radius 2 is 2.26 bits per heavy atom. The minimum Gasteiger partial charge on any atom is -0.492 e. The fraction of sp³-hybridized carbons (Fsp3) is 0.462. The standard InChI is InChI=1S/C13H13BrF2O3/c14-9-1-2-10(12(17)18)11(5-9)19-7-8-3-4-13(15,16)6-8/h1-2,5,8H,3-4,6-7H2,(H,17,18). The summed E-state index contributed by atoms with van der Waals surface area (Å²) in [6, 6.07) is 4.56. The zero-order valence-corrected chi connectivity index (χ0v) is 11.6. The lowest BCUT2D eigenvalue weighted by Crippen LogP contribution is -2.14. The number of hydrogen-bond donors (Lipinski definition) is 1. The Morgan fingerprint density at radius 3 is 2.84 bits per heavy atom. The largest absolute Gasteiger partial charge is 0.492 e. The van der Waals surface area contributed by atoms with E-state index in [1.807, 2.05) is 0 Å². The predicted octanol–water partition coefficient (Wildman–Crippen LogP) is 3.96. The second-order valence-electron chi connectivity index (χ2n) is 4.72. The maximum Gasteiger partial charge on any atom is 0.339 e. The number of alkyl halides is 2. The molecule has 3 nitrogen and oxygen atoms in total. The Kier molecular flexibility index (Phi) is 4.08. The maximum atomic E-state index is 13.0. The van der Waals surface area contributed by atoms with Crippen LogP contribution in [0.4, 0.5) is 8.78 Å². The molecule has 1 aromatic rings. The number of halogens is 3. The van der Waals surface area contributed by atoms with Gasteiger partial charge in [0, 0.05) is 17.3 Å². The Hall–Kier alpha value is -1.17. The van der Waals surface area contributed by atoms with Crippen LogP contribution in [0, 0.1) is 5.92 Å². The Bertz CT molecular complexity index is 491. The topological polar surface area (TPSA) is 46.5 Å². The molecule has 1 N–H and O–H groups in total. The highest BCUT2D eigenvalue weighted by atomic mass is 79.9. The number of hydrogen-bond acceptors (Lipinski definition) is 2. The lowest BCUT2D eigenvalue weighted by molar-refractivity contribution is 0.00285. The number of carboxylic acid groups (broad SMARTS) is 1. The number of rotatable bonds is 4. The SMILES string of the molecule is O=C(O)c1ccc(Br)cc1OCC1CCC(F)(F)C1. The van der Waals surface area contributed by atoms with Crippen molar-refractivity contribution in [3.8, 4) is 5.75 Å². The molecule has 1 atom stereocenters. The molecule has 0 aliphatic heterocycles. The van der Waals surface area contributed by atoms with Gasteiger partial charge in [0.25, 0.3) is 0 Å². The fourth-order valence-electron chi connectivity index (χ4n) is 2.18. The summed E-state index contributed by atoms with van der Waals surface area (Å²) in [6.07, 6.45) is 0.0954. The highest BCUT2D eigenvalue weighted by molar-refractivity contribution is 9.10. The molecule has 2 rings (SSSR count). The van der Waals surface area contributed by atoms with E-state index in [2.05, 4.69) is 15.9 Å². The summed E-state index contributed by atoms with van der Waals surface area (Å²) in [5.41, 5.74) is 0.0351. The number of aromatic carboxylic acids is 1. The molecule has 6 heteroatoms. The second kappa shape index (κ2) is 5.45. The molecule has 1 fully saturated rings. The smallest absolute Gasteiger partial charge is 0.339 e. The lowest BCUT2D eigenvalue weighted by Gasteiger charge is -2.14. The number of carbonyl (C=O) groups is 1. The predicted molar refractivity (Wildman–Crippen MR) is 68.9 cm³/mol. The third-order valence-corrected chi connectivity index (χ3v) is 3.65. The van der Waals surface area contributed by atoms with E-state index in [-0.39, 0.29) is 36.7 Å². The molecule has 1 unspecified atom stereocenters. The minimum absolute atomic E-state index is 0.0351. The van der Waals surface area contributed by atoms with Gasteiger partial charge in [0.05, 0.1) is 6.61 Å². The first-order valence-corrected chi connectivity index (χ1v) is 6.70. The molecule has 104 valence electrons. The molecule has 1 aliphatic carbocycles. The van der Waals surface area contributed by atoms with Gasteiger partial charge in [0.1, 0.15) is 11.3 Å². The van der Waals surface area contributed by atoms with E-state index in [0.717, 1.165) is 0 Å². The van der Waals surface area contributed by atoms with Crippen molar-refractivity contribution in [1.29, 1.82) is 0 Å². The van der Waals surface area contributed by atoms with Crippen molar-refractivity contribution in [2.45, 2.75) is 25.2 Å². The van der Waals surface area contributed by atoms with Crippen LogP contribution >= 0.6 is 15.9 Å². The van der Waals surface area contributed by atoms with E-state index in [9.17, 15) is 13.6 Å².